The van der Waals surface area contributed by atoms with Crippen LogP contribution in [0, 0.1) is 6.92 Å². The molecule has 2 aromatic heterocycles. The van der Waals surface area contributed by atoms with Crippen molar-refractivity contribution in [3.63, 3.8) is 0 Å². The first-order chi connectivity index (χ1) is 10.6. The summed E-state index contributed by atoms with van der Waals surface area (Å²) in [4.78, 5) is 4.64. The molecule has 1 aromatic carbocycles. The van der Waals surface area contributed by atoms with E-state index in [1.807, 2.05) is 31.2 Å². The molecule has 2 heterocycles. The van der Waals surface area contributed by atoms with Crippen molar-refractivity contribution in [3.05, 3.63) is 59.6 Å². The lowest BCUT2D eigenvalue weighted by Gasteiger charge is -2.25. The number of pyridine rings is 1. The predicted molar refractivity (Wildman–Crippen MR) is 84.5 cm³/mol. The van der Waals surface area contributed by atoms with Gasteiger partial charge in [-0.05, 0) is 19.1 Å². The number of aliphatic hydroxyl groups is 2. The Morgan fingerprint density at radius 3 is 2.77 bits per heavy atom. The third-order valence-corrected chi connectivity index (χ3v) is 4.05. The number of nitrogens with one attached hydrogen (secondary N) is 1. The van der Waals surface area contributed by atoms with Crippen LogP contribution in [0.15, 0.2) is 48.3 Å². The second kappa shape index (κ2) is 4.42. The van der Waals surface area contributed by atoms with E-state index in [2.05, 4.69) is 15.2 Å². The number of allylic oxidation sites excluding steroid dienone is 1. The van der Waals surface area contributed by atoms with Gasteiger partial charge in [0.15, 0.2) is 0 Å². The minimum Gasteiger partial charge on any atom is -0.512 e. The third-order valence-electron chi connectivity index (χ3n) is 4.05. The third kappa shape index (κ3) is 1.76. The number of hydrogen-bond acceptors (Lipinski definition) is 4. The lowest BCUT2D eigenvalue weighted by Crippen LogP contribution is -2.24. The summed E-state index contributed by atoms with van der Waals surface area (Å²) in [5, 5.41) is 29.8. The van der Waals surface area contributed by atoms with Crippen molar-refractivity contribution >= 4 is 21.8 Å². The van der Waals surface area contributed by atoms with Crippen LogP contribution in [-0.2, 0) is 5.60 Å². The van der Waals surface area contributed by atoms with E-state index in [0.29, 0.717) is 12.1 Å². The van der Waals surface area contributed by atoms with Crippen LogP contribution in [0.3, 0.4) is 0 Å². The van der Waals surface area contributed by atoms with Crippen molar-refractivity contribution in [2.45, 2.75) is 18.9 Å². The molecular formula is C17H15N3O2. The van der Waals surface area contributed by atoms with E-state index in [1.54, 1.807) is 12.2 Å². The highest BCUT2D eigenvalue weighted by atomic mass is 16.3. The first-order valence-corrected chi connectivity index (χ1v) is 7.13. The summed E-state index contributed by atoms with van der Waals surface area (Å²) >= 11 is 0. The zero-order chi connectivity index (χ0) is 15.3. The lowest BCUT2D eigenvalue weighted by molar-refractivity contribution is 0.132. The molecule has 0 radical (unpaired) electrons. The van der Waals surface area contributed by atoms with Crippen LogP contribution in [-0.4, -0.2) is 25.4 Å². The van der Waals surface area contributed by atoms with E-state index < -0.39 is 5.60 Å². The molecule has 1 atom stereocenters. The summed E-state index contributed by atoms with van der Waals surface area (Å²) in [6.45, 7) is 1.87. The van der Waals surface area contributed by atoms with Crippen molar-refractivity contribution in [3.8, 4) is 0 Å². The molecule has 0 spiro atoms. The SMILES string of the molecule is Cc1n[nH]c2c1nc(C1(O)C=CCC(O)=C1)c1ccccc12. The van der Waals surface area contributed by atoms with Gasteiger partial charge in [-0.25, -0.2) is 4.98 Å². The molecule has 3 aromatic rings. The minimum absolute atomic E-state index is 0.139. The normalized spacial score (nSPS) is 21.5. The van der Waals surface area contributed by atoms with Gasteiger partial charge in [-0.1, -0.05) is 30.3 Å². The highest BCUT2D eigenvalue weighted by Crippen LogP contribution is 2.36. The van der Waals surface area contributed by atoms with Crippen molar-refractivity contribution < 1.29 is 10.2 Å². The van der Waals surface area contributed by atoms with E-state index in [1.165, 1.54) is 6.08 Å². The van der Waals surface area contributed by atoms with Crippen molar-refractivity contribution in [1.82, 2.24) is 15.2 Å². The Morgan fingerprint density at radius 2 is 2.00 bits per heavy atom. The fourth-order valence-electron chi connectivity index (χ4n) is 3.00. The van der Waals surface area contributed by atoms with Crippen LogP contribution in [0.5, 0.6) is 0 Å². The molecule has 1 aliphatic rings. The van der Waals surface area contributed by atoms with Gasteiger partial charge < -0.3 is 10.2 Å². The van der Waals surface area contributed by atoms with Crippen molar-refractivity contribution in [1.29, 1.82) is 0 Å². The van der Waals surface area contributed by atoms with Gasteiger partial charge in [0.1, 0.15) is 11.1 Å². The monoisotopic (exact) mass is 293 g/mol. The Hall–Kier alpha value is -2.66. The van der Waals surface area contributed by atoms with Gasteiger partial charge in [0, 0.05) is 17.2 Å². The fourth-order valence-corrected chi connectivity index (χ4v) is 3.00. The van der Waals surface area contributed by atoms with Gasteiger partial charge in [0.2, 0.25) is 0 Å². The molecule has 3 N–H and O–H groups in total. The van der Waals surface area contributed by atoms with Gasteiger partial charge in [-0.3, -0.25) is 5.10 Å². The molecule has 1 aliphatic carbocycles. The quantitative estimate of drug-likeness (QED) is 0.602. The highest BCUT2D eigenvalue weighted by molar-refractivity contribution is 6.05. The van der Waals surface area contributed by atoms with Crippen molar-refractivity contribution in [2.24, 2.45) is 0 Å². The number of aliphatic hydroxyl groups excluding tert-OH is 1. The summed E-state index contributed by atoms with van der Waals surface area (Å²) in [5.41, 5.74) is 1.45. The summed E-state index contributed by atoms with van der Waals surface area (Å²) in [6, 6.07) is 7.73. The second-order valence-electron chi connectivity index (χ2n) is 5.61. The summed E-state index contributed by atoms with van der Waals surface area (Å²) < 4.78 is 0. The Morgan fingerprint density at radius 1 is 1.23 bits per heavy atom. The number of aryl methyl sites for hydroxylation is 1. The maximum atomic E-state index is 11.0. The molecule has 0 aliphatic heterocycles. The molecule has 1 unspecified atom stereocenters. The molecule has 4 rings (SSSR count). The standard InChI is InChI=1S/C17H15N3O2/c1-10-14-15(20-19-10)12-6-2-3-7-13(12)16(18-14)17(22)8-4-5-11(21)9-17/h2-4,6-9,21-22H,5H2,1H3,(H,19,20). The Balaban J connectivity index is 2.14. The molecule has 5 heteroatoms. The maximum absolute atomic E-state index is 11.0. The number of aromatic nitrogens is 3. The lowest BCUT2D eigenvalue weighted by atomic mass is 9.89. The van der Waals surface area contributed by atoms with E-state index >= 15 is 0 Å². The van der Waals surface area contributed by atoms with Gasteiger partial charge in [-0.2, -0.15) is 5.10 Å². The van der Waals surface area contributed by atoms with Crippen LogP contribution in [0.1, 0.15) is 17.8 Å². The van der Waals surface area contributed by atoms with Gasteiger partial charge in [0.05, 0.1) is 22.7 Å². The van der Waals surface area contributed by atoms with E-state index in [-0.39, 0.29) is 5.76 Å². The number of rotatable bonds is 1. The minimum atomic E-state index is -1.42. The fraction of sp³-hybridized carbons (Fsp3) is 0.176. The number of H-pyrrole nitrogens is 1. The van der Waals surface area contributed by atoms with Crippen LogP contribution >= 0.6 is 0 Å². The summed E-state index contributed by atoms with van der Waals surface area (Å²) in [5.74, 6) is 0.139. The van der Waals surface area contributed by atoms with Gasteiger partial charge in [-0.15, -0.1) is 0 Å². The molecule has 0 amide bonds. The maximum Gasteiger partial charge on any atom is 0.147 e. The zero-order valence-corrected chi connectivity index (χ0v) is 12.0. The number of fused-ring (bicyclic) bond motifs is 3. The smallest absolute Gasteiger partial charge is 0.147 e. The summed E-state index contributed by atoms with van der Waals surface area (Å²) in [6.07, 6.45) is 5.29. The number of nitrogens with zero attached hydrogens (tertiary/aromatic N) is 2. The Bertz CT molecular complexity index is 955. The molecule has 0 saturated heterocycles. The molecule has 0 bridgehead atoms. The Kier molecular flexibility index (Phi) is 2.62. The molecular weight excluding hydrogens is 278 g/mol. The first-order valence-electron chi connectivity index (χ1n) is 7.13. The van der Waals surface area contributed by atoms with Crippen LogP contribution in [0.2, 0.25) is 0 Å². The van der Waals surface area contributed by atoms with Crippen LogP contribution in [0.25, 0.3) is 21.8 Å². The number of benzene rings is 1. The van der Waals surface area contributed by atoms with Gasteiger partial charge in [0.25, 0.3) is 0 Å². The molecule has 22 heavy (non-hydrogen) atoms. The number of aromatic amines is 1. The van der Waals surface area contributed by atoms with E-state index in [4.69, 9.17) is 0 Å². The van der Waals surface area contributed by atoms with Crippen LogP contribution < -0.4 is 0 Å². The zero-order valence-electron chi connectivity index (χ0n) is 12.0. The molecule has 0 fully saturated rings. The average molecular weight is 293 g/mol. The summed E-state index contributed by atoms with van der Waals surface area (Å²) in [7, 11) is 0. The molecule has 110 valence electrons. The topological polar surface area (TPSA) is 82.0 Å². The van der Waals surface area contributed by atoms with E-state index in [0.717, 1.165) is 27.5 Å². The van der Waals surface area contributed by atoms with Crippen LogP contribution in [0.4, 0.5) is 0 Å². The average Bonchev–Trinajstić information content (AvgIpc) is 2.88. The highest BCUT2D eigenvalue weighted by Gasteiger charge is 2.31. The second-order valence-corrected chi connectivity index (χ2v) is 5.61. The number of hydrogen-bond donors (Lipinski definition) is 3. The molecule has 0 saturated carbocycles. The first kappa shape index (κ1) is 13.0. The Labute approximate surface area is 126 Å². The van der Waals surface area contributed by atoms with E-state index in [9.17, 15) is 10.2 Å². The van der Waals surface area contributed by atoms with Gasteiger partial charge >= 0.3 is 0 Å². The largest absolute Gasteiger partial charge is 0.512 e. The van der Waals surface area contributed by atoms with Crippen molar-refractivity contribution in [2.75, 3.05) is 0 Å². The molecule has 5 nitrogen and oxygen atoms in total. The predicted octanol–water partition coefficient (Wildman–Crippen LogP) is 3.01.